The molecule has 0 heterocycles. The van der Waals surface area contributed by atoms with Crippen LogP contribution in [0.25, 0.3) is 0 Å². The number of likely N-dealkylation sites (N-methyl/N-ethyl adjacent to an activating group) is 1. The van der Waals surface area contributed by atoms with Crippen molar-refractivity contribution in [3.63, 3.8) is 0 Å². The first-order valence-electron chi connectivity index (χ1n) is 3.77. The van der Waals surface area contributed by atoms with E-state index in [0.29, 0.717) is 6.42 Å². The fourth-order valence-corrected chi connectivity index (χ4v) is 0.582. The van der Waals surface area contributed by atoms with Crippen LogP contribution in [-0.2, 0) is 4.79 Å². The maximum absolute atomic E-state index is 10.6. The minimum absolute atomic E-state index is 0.131. The first-order chi connectivity index (χ1) is 5.20. The third-order valence-electron chi connectivity index (χ3n) is 1.40. The zero-order chi connectivity index (χ0) is 8.69. The maximum atomic E-state index is 10.6. The summed E-state index contributed by atoms with van der Waals surface area (Å²) in [6.45, 7) is 1.90. The number of nitrogens with one attached hydrogen (secondary N) is 1. The van der Waals surface area contributed by atoms with E-state index in [1.807, 2.05) is 6.92 Å². The molecule has 64 valence electrons. The van der Waals surface area contributed by atoms with Gasteiger partial charge in [-0.05, 0) is 18.9 Å². The Morgan fingerprint density at radius 3 is 2.82 bits per heavy atom. The van der Waals surface area contributed by atoms with Gasteiger partial charge in [0.1, 0.15) is 0 Å². The first kappa shape index (κ1) is 10.2. The zero-order valence-corrected chi connectivity index (χ0v) is 7.00. The van der Waals surface area contributed by atoms with Crippen LogP contribution in [0.1, 0.15) is 19.8 Å². The Bertz CT molecular complexity index is 143. The minimum Gasteiger partial charge on any atom is -0.393 e. The summed E-state index contributed by atoms with van der Waals surface area (Å²) in [5.41, 5.74) is 0. The van der Waals surface area contributed by atoms with Crippen LogP contribution in [0.3, 0.4) is 0 Å². The van der Waals surface area contributed by atoms with Gasteiger partial charge in [0.15, 0.2) is 0 Å². The van der Waals surface area contributed by atoms with E-state index >= 15 is 0 Å². The van der Waals surface area contributed by atoms with Crippen molar-refractivity contribution in [1.82, 2.24) is 5.32 Å². The molecule has 0 spiro atoms. The van der Waals surface area contributed by atoms with Gasteiger partial charge >= 0.3 is 0 Å². The molecular weight excluding hydrogens is 142 g/mol. The SMILES string of the molecule is CC[C@@H](O)C/C=C/C(=O)NC. The molecular formula is C8H15NO2. The highest BCUT2D eigenvalue weighted by atomic mass is 16.3. The van der Waals surface area contributed by atoms with Crippen LogP contribution in [0.4, 0.5) is 0 Å². The lowest BCUT2D eigenvalue weighted by molar-refractivity contribution is -0.116. The van der Waals surface area contributed by atoms with Crippen LogP contribution < -0.4 is 5.32 Å². The van der Waals surface area contributed by atoms with Gasteiger partial charge in [0.05, 0.1) is 6.10 Å². The summed E-state index contributed by atoms with van der Waals surface area (Å²) >= 11 is 0. The summed E-state index contributed by atoms with van der Waals surface area (Å²) in [6, 6.07) is 0. The van der Waals surface area contributed by atoms with Crippen molar-refractivity contribution < 1.29 is 9.90 Å². The Labute approximate surface area is 67.1 Å². The van der Waals surface area contributed by atoms with Gasteiger partial charge in [-0.2, -0.15) is 0 Å². The standard InChI is InChI=1S/C8H15NO2/c1-3-7(10)5-4-6-8(11)9-2/h4,6-7,10H,3,5H2,1-2H3,(H,9,11)/b6-4+/t7-/m1/s1. The molecule has 2 N–H and O–H groups in total. The lowest BCUT2D eigenvalue weighted by Gasteiger charge is -2.00. The van der Waals surface area contributed by atoms with E-state index < -0.39 is 0 Å². The molecule has 0 aliphatic carbocycles. The zero-order valence-electron chi connectivity index (χ0n) is 7.00. The summed E-state index contributed by atoms with van der Waals surface area (Å²) in [4.78, 5) is 10.6. The lowest BCUT2D eigenvalue weighted by Crippen LogP contribution is -2.14. The van der Waals surface area contributed by atoms with Gasteiger partial charge in [-0.3, -0.25) is 4.79 Å². The van der Waals surface area contributed by atoms with Crippen molar-refractivity contribution in [2.75, 3.05) is 7.05 Å². The topological polar surface area (TPSA) is 49.3 Å². The number of aliphatic hydroxyl groups is 1. The number of aliphatic hydroxyl groups excluding tert-OH is 1. The summed E-state index contributed by atoms with van der Waals surface area (Å²) in [7, 11) is 1.57. The van der Waals surface area contributed by atoms with Crippen LogP contribution >= 0.6 is 0 Å². The number of carbonyl (C=O) groups is 1. The molecule has 0 bridgehead atoms. The molecule has 3 nitrogen and oxygen atoms in total. The van der Waals surface area contributed by atoms with Gasteiger partial charge in [-0.25, -0.2) is 0 Å². The molecule has 0 aliphatic rings. The third kappa shape index (κ3) is 5.61. The van der Waals surface area contributed by atoms with Crippen LogP contribution in [0.5, 0.6) is 0 Å². The molecule has 0 saturated heterocycles. The molecule has 0 aromatic rings. The molecule has 0 rings (SSSR count). The van der Waals surface area contributed by atoms with Crippen molar-refractivity contribution in [2.45, 2.75) is 25.9 Å². The summed E-state index contributed by atoms with van der Waals surface area (Å²) in [6.07, 6.45) is 4.05. The van der Waals surface area contributed by atoms with Crippen LogP contribution in [0, 0.1) is 0 Å². The molecule has 1 amide bonds. The fraction of sp³-hybridized carbons (Fsp3) is 0.625. The third-order valence-corrected chi connectivity index (χ3v) is 1.40. The normalized spacial score (nSPS) is 13.4. The second-order valence-electron chi connectivity index (χ2n) is 2.31. The molecule has 0 unspecified atom stereocenters. The van der Waals surface area contributed by atoms with Crippen molar-refractivity contribution in [2.24, 2.45) is 0 Å². The van der Waals surface area contributed by atoms with E-state index in [1.165, 1.54) is 6.08 Å². The summed E-state index contributed by atoms with van der Waals surface area (Å²) in [5.74, 6) is -0.131. The number of hydrogen-bond donors (Lipinski definition) is 2. The Hall–Kier alpha value is -0.830. The predicted molar refractivity (Wildman–Crippen MR) is 44.1 cm³/mol. The van der Waals surface area contributed by atoms with Gasteiger partial charge in [0.2, 0.25) is 5.91 Å². The number of rotatable bonds is 4. The quantitative estimate of drug-likeness (QED) is 0.582. The Balaban J connectivity index is 3.51. The molecule has 0 fully saturated rings. The highest BCUT2D eigenvalue weighted by Gasteiger charge is 1.95. The van der Waals surface area contributed by atoms with E-state index in [9.17, 15) is 4.79 Å². The predicted octanol–water partition coefficient (Wildman–Crippen LogP) is 0.450. The summed E-state index contributed by atoms with van der Waals surface area (Å²) < 4.78 is 0. The molecule has 11 heavy (non-hydrogen) atoms. The van der Waals surface area contributed by atoms with Gasteiger partial charge in [0, 0.05) is 7.05 Å². The molecule has 0 aromatic heterocycles. The van der Waals surface area contributed by atoms with Gasteiger partial charge in [0.25, 0.3) is 0 Å². The van der Waals surface area contributed by atoms with Gasteiger partial charge in [-0.15, -0.1) is 0 Å². The molecule has 0 aliphatic heterocycles. The van der Waals surface area contributed by atoms with Gasteiger partial charge in [-0.1, -0.05) is 13.0 Å². The van der Waals surface area contributed by atoms with E-state index in [-0.39, 0.29) is 12.0 Å². The van der Waals surface area contributed by atoms with Crippen molar-refractivity contribution in [3.05, 3.63) is 12.2 Å². The summed E-state index contributed by atoms with van der Waals surface area (Å²) in [5, 5.41) is 11.5. The fourth-order valence-electron chi connectivity index (χ4n) is 0.582. The molecule has 0 radical (unpaired) electrons. The van der Waals surface area contributed by atoms with Crippen LogP contribution in [0.2, 0.25) is 0 Å². The average Bonchev–Trinajstić information content (AvgIpc) is 2.04. The van der Waals surface area contributed by atoms with E-state index in [0.717, 1.165) is 6.42 Å². The highest BCUT2D eigenvalue weighted by molar-refractivity contribution is 5.87. The average molecular weight is 157 g/mol. The maximum Gasteiger partial charge on any atom is 0.243 e. The largest absolute Gasteiger partial charge is 0.393 e. The second-order valence-corrected chi connectivity index (χ2v) is 2.31. The molecule has 0 aromatic carbocycles. The highest BCUT2D eigenvalue weighted by Crippen LogP contribution is 1.96. The number of amides is 1. The van der Waals surface area contributed by atoms with Crippen molar-refractivity contribution in [1.29, 1.82) is 0 Å². The van der Waals surface area contributed by atoms with E-state index in [1.54, 1.807) is 13.1 Å². The van der Waals surface area contributed by atoms with Crippen LogP contribution in [-0.4, -0.2) is 24.2 Å². The minimum atomic E-state index is -0.323. The van der Waals surface area contributed by atoms with Gasteiger partial charge < -0.3 is 10.4 Å². The number of hydrogen-bond acceptors (Lipinski definition) is 2. The second kappa shape index (κ2) is 5.92. The molecule has 0 saturated carbocycles. The smallest absolute Gasteiger partial charge is 0.243 e. The Morgan fingerprint density at radius 1 is 1.73 bits per heavy atom. The van der Waals surface area contributed by atoms with Crippen molar-refractivity contribution >= 4 is 5.91 Å². The van der Waals surface area contributed by atoms with E-state index in [2.05, 4.69) is 5.32 Å². The van der Waals surface area contributed by atoms with Crippen LogP contribution in [0.15, 0.2) is 12.2 Å². The molecule has 1 atom stereocenters. The van der Waals surface area contributed by atoms with Crippen molar-refractivity contribution in [3.8, 4) is 0 Å². The Kier molecular flexibility index (Phi) is 5.47. The van der Waals surface area contributed by atoms with E-state index in [4.69, 9.17) is 5.11 Å². The monoisotopic (exact) mass is 157 g/mol. The number of carbonyl (C=O) groups excluding carboxylic acids is 1. The molecule has 3 heteroatoms. The Morgan fingerprint density at radius 2 is 2.36 bits per heavy atom. The first-order valence-corrected chi connectivity index (χ1v) is 3.77. The lowest BCUT2D eigenvalue weighted by atomic mass is 10.2.